The Morgan fingerprint density at radius 1 is 1.03 bits per heavy atom. The number of benzene rings is 1. The molecule has 1 amide bonds. The average molecular weight is 444 g/mol. The number of carbonyl (C=O) groups excluding carboxylic acids is 1. The van der Waals surface area contributed by atoms with Gasteiger partial charge in [0.1, 0.15) is 5.69 Å². The molecule has 1 saturated heterocycles. The lowest BCUT2D eigenvalue weighted by molar-refractivity contribution is 0.101. The van der Waals surface area contributed by atoms with E-state index in [2.05, 4.69) is 50.9 Å². The summed E-state index contributed by atoms with van der Waals surface area (Å²) in [5, 5.41) is 5.73. The van der Waals surface area contributed by atoms with Crippen LogP contribution in [0.2, 0.25) is 0 Å². The Bertz CT molecular complexity index is 1170. The van der Waals surface area contributed by atoms with Gasteiger partial charge in [-0.25, -0.2) is 4.98 Å². The number of hydrogen-bond donors (Lipinski definition) is 1. The molecule has 1 aliphatic rings. The van der Waals surface area contributed by atoms with Crippen molar-refractivity contribution in [3.8, 4) is 0 Å². The number of pyridine rings is 1. The van der Waals surface area contributed by atoms with Crippen LogP contribution in [0.5, 0.6) is 0 Å². The van der Waals surface area contributed by atoms with Gasteiger partial charge in [0.25, 0.3) is 5.91 Å². The number of carbonyl (C=O) groups is 1. The van der Waals surface area contributed by atoms with Crippen LogP contribution in [0.3, 0.4) is 0 Å². The SMILES string of the molecule is O=C(Nc1nc([C@@H]2CCN(Cc3ccccc3)C2)cs1)c1cccn1Cc1ccncc1. The van der Waals surface area contributed by atoms with E-state index in [4.69, 9.17) is 4.98 Å². The number of thiazole rings is 1. The van der Waals surface area contributed by atoms with E-state index in [1.165, 1.54) is 16.9 Å². The molecule has 3 aromatic heterocycles. The fourth-order valence-corrected chi connectivity index (χ4v) is 4.98. The highest BCUT2D eigenvalue weighted by atomic mass is 32.1. The zero-order chi connectivity index (χ0) is 21.8. The number of likely N-dealkylation sites (tertiary alicyclic amines) is 1. The van der Waals surface area contributed by atoms with Crippen LogP contribution in [-0.2, 0) is 13.1 Å². The molecule has 0 unspecified atom stereocenters. The number of hydrogen-bond acceptors (Lipinski definition) is 5. The van der Waals surface area contributed by atoms with Crippen molar-refractivity contribution in [2.45, 2.75) is 25.4 Å². The second-order valence-electron chi connectivity index (χ2n) is 8.11. The maximum Gasteiger partial charge on any atom is 0.274 e. The Morgan fingerprint density at radius 3 is 2.69 bits per heavy atom. The van der Waals surface area contributed by atoms with E-state index in [0.29, 0.717) is 23.3 Å². The number of anilines is 1. The molecule has 1 aromatic carbocycles. The van der Waals surface area contributed by atoms with Crippen LogP contribution in [-0.4, -0.2) is 38.4 Å². The molecular weight excluding hydrogens is 418 g/mol. The molecule has 0 radical (unpaired) electrons. The Balaban J connectivity index is 1.20. The first-order chi connectivity index (χ1) is 15.7. The van der Waals surface area contributed by atoms with Crippen LogP contribution in [0.25, 0.3) is 0 Å². The monoisotopic (exact) mass is 443 g/mol. The summed E-state index contributed by atoms with van der Waals surface area (Å²) in [5.41, 5.74) is 4.14. The lowest BCUT2D eigenvalue weighted by Crippen LogP contribution is -2.19. The van der Waals surface area contributed by atoms with Crippen molar-refractivity contribution in [1.29, 1.82) is 0 Å². The van der Waals surface area contributed by atoms with Gasteiger partial charge >= 0.3 is 0 Å². The zero-order valence-corrected chi connectivity index (χ0v) is 18.5. The van der Waals surface area contributed by atoms with E-state index in [1.807, 2.05) is 35.0 Å². The average Bonchev–Trinajstić information content (AvgIpc) is 3.56. The second kappa shape index (κ2) is 9.46. The predicted octanol–water partition coefficient (Wildman–Crippen LogP) is 4.63. The summed E-state index contributed by atoms with van der Waals surface area (Å²) in [7, 11) is 0. The van der Waals surface area contributed by atoms with Crippen LogP contribution in [0, 0.1) is 0 Å². The second-order valence-corrected chi connectivity index (χ2v) is 8.97. The van der Waals surface area contributed by atoms with Crippen molar-refractivity contribution in [2.75, 3.05) is 18.4 Å². The third kappa shape index (κ3) is 4.79. The molecule has 1 atom stereocenters. The number of amides is 1. The topological polar surface area (TPSA) is 63.1 Å². The van der Waals surface area contributed by atoms with E-state index < -0.39 is 0 Å². The zero-order valence-electron chi connectivity index (χ0n) is 17.7. The fraction of sp³-hybridized carbons (Fsp3) is 0.240. The Labute approximate surface area is 191 Å². The summed E-state index contributed by atoms with van der Waals surface area (Å²) in [6.45, 7) is 3.67. The number of nitrogens with one attached hydrogen (secondary N) is 1. The van der Waals surface area contributed by atoms with Gasteiger partial charge in [-0.15, -0.1) is 11.3 Å². The van der Waals surface area contributed by atoms with E-state index in [9.17, 15) is 4.79 Å². The quantitative estimate of drug-likeness (QED) is 0.452. The number of nitrogens with zero attached hydrogens (tertiary/aromatic N) is 4. The van der Waals surface area contributed by atoms with E-state index >= 15 is 0 Å². The van der Waals surface area contributed by atoms with Crippen LogP contribution in [0.15, 0.2) is 78.6 Å². The highest BCUT2D eigenvalue weighted by Gasteiger charge is 2.26. The van der Waals surface area contributed by atoms with E-state index in [0.717, 1.165) is 37.3 Å². The Hall–Kier alpha value is -3.29. The minimum atomic E-state index is -0.137. The predicted molar refractivity (Wildman–Crippen MR) is 127 cm³/mol. The molecule has 4 aromatic rings. The molecule has 0 saturated carbocycles. The summed E-state index contributed by atoms with van der Waals surface area (Å²) in [6.07, 6.45) is 6.54. The first kappa shape index (κ1) is 20.6. The van der Waals surface area contributed by atoms with Gasteiger partial charge in [-0.1, -0.05) is 30.3 Å². The van der Waals surface area contributed by atoms with Gasteiger partial charge in [-0.3, -0.25) is 20.0 Å². The molecule has 0 aliphatic carbocycles. The Morgan fingerprint density at radius 2 is 1.84 bits per heavy atom. The molecule has 7 heteroatoms. The third-order valence-corrected chi connectivity index (χ3v) is 6.62. The highest BCUT2D eigenvalue weighted by molar-refractivity contribution is 7.14. The van der Waals surface area contributed by atoms with Crippen molar-refractivity contribution in [1.82, 2.24) is 19.4 Å². The summed E-state index contributed by atoms with van der Waals surface area (Å²) in [4.78, 5) is 24.2. The van der Waals surface area contributed by atoms with Gasteiger partial charge < -0.3 is 4.57 Å². The first-order valence-corrected chi connectivity index (χ1v) is 11.7. The summed E-state index contributed by atoms with van der Waals surface area (Å²) in [6, 6.07) is 18.2. The standard InChI is InChI=1S/C25H25N5OS/c31-24(23-7-4-13-30(23)16-20-8-11-26-12-9-20)28-25-27-22(18-32-25)21-10-14-29(17-21)15-19-5-2-1-3-6-19/h1-9,11-13,18,21H,10,14-17H2,(H,27,28,31)/t21-/m1/s1. The molecule has 162 valence electrons. The van der Waals surface area contributed by atoms with Crippen molar-refractivity contribution in [3.05, 3.63) is 101 Å². The van der Waals surface area contributed by atoms with Crippen molar-refractivity contribution < 1.29 is 4.79 Å². The smallest absolute Gasteiger partial charge is 0.274 e. The molecule has 32 heavy (non-hydrogen) atoms. The normalized spacial score (nSPS) is 16.3. The van der Waals surface area contributed by atoms with Gasteiger partial charge in [0.15, 0.2) is 5.13 Å². The maximum absolute atomic E-state index is 12.9. The van der Waals surface area contributed by atoms with Gasteiger partial charge in [0.05, 0.1) is 5.69 Å². The van der Waals surface area contributed by atoms with Crippen LogP contribution < -0.4 is 5.32 Å². The molecule has 0 bridgehead atoms. The lowest BCUT2D eigenvalue weighted by atomic mass is 10.1. The number of aromatic nitrogens is 3. The summed E-state index contributed by atoms with van der Waals surface area (Å²) >= 11 is 1.50. The Kier molecular flexibility index (Phi) is 6.09. The minimum absolute atomic E-state index is 0.137. The molecule has 4 heterocycles. The molecule has 6 nitrogen and oxygen atoms in total. The van der Waals surface area contributed by atoms with Crippen LogP contribution in [0.1, 0.15) is 39.6 Å². The summed E-state index contributed by atoms with van der Waals surface area (Å²) in [5.74, 6) is 0.276. The third-order valence-electron chi connectivity index (χ3n) is 5.85. The van der Waals surface area contributed by atoms with E-state index in [1.54, 1.807) is 12.4 Å². The first-order valence-electron chi connectivity index (χ1n) is 10.8. The summed E-state index contributed by atoms with van der Waals surface area (Å²) < 4.78 is 1.94. The number of rotatable bonds is 7. The highest BCUT2D eigenvalue weighted by Crippen LogP contribution is 2.30. The van der Waals surface area contributed by atoms with Crippen LogP contribution >= 0.6 is 11.3 Å². The van der Waals surface area contributed by atoms with Gasteiger partial charge in [-0.2, -0.15) is 0 Å². The largest absolute Gasteiger partial charge is 0.339 e. The molecule has 0 spiro atoms. The van der Waals surface area contributed by atoms with Crippen molar-refractivity contribution >= 4 is 22.4 Å². The minimum Gasteiger partial charge on any atom is -0.339 e. The lowest BCUT2D eigenvalue weighted by Gasteiger charge is -2.15. The van der Waals surface area contributed by atoms with Gasteiger partial charge in [0, 0.05) is 49.5 Å². The maximum atomic E-state index is 12.9. The molecule has 1 aliphatic heterocycles. The molecule has 5 rings (SSSR count). The molecule has 1 N–H and O–H groups in total. The van der Waals surface area contributed by atoms with E-state index in [-0.39, 0.29) is 5.91 Å². The fourth-order valence-electron chi connectivity index (χ4n) is 4.19. The molecule has 1 fully saturated rings. The van der Waals surface area contributed by atoms with Crippen molar-refractivity contribution in [2.24, 2.45) is 0 Å². The van der Waals surface area contributed by atoms with Crippen LogP contribution in [0.4, 0.5) is 5.13 Å². The molecular formula is C25H25N5OS. The van der Waals surface area contributed by atoms with Gasteiger partial charge in [0.2, 0.25) is 0 Å². The van der Waals surface area contributed by atoms with Gasteiger partial charge in [-0.05, 0) is 48.4 Å². The van der Waals surface area contributed by atoms with Crippen molar-refractivity contribution in [3.63, 3.8) is 0 Å².